The molecule has 1 aliphatic heterocycles. The fourth-order valence-corrected chi connectivity index (χ4v) is 5.67. The molecule has 232 valence electrons. The Bertz CT molecular complexity index is 1300. The van der Waals surface area contributed by atoms with Crippen molar-refractivity contribution in [2.24, 2.45) is 0 Å². The molecule has 0 aromatic heterocycles. The molecular weight excluding hydrogens is 546 g/mol. The largest absolute Gasteiger partial charge is 0.494 e. The number of benzene rings is 4. The molecule has 1 fully saturated rings. The van der Waals surface area contributed by atoms with Crippen LogP contribution in [0.25, 0.3) is 0 Å². The van der Waals surface area contributed by atoms with Crippen LogP contribution in [0.4, 0.5) is 0 Å². The number of hydrogen-bond donors (Lipinski definition) is 1. The van der Waals surface area contributed by atoms with E-state index in [2.05, 4.69) is 104 Å². The Morgan fingerprint density at radius 2 is 1.09 bits per heavy atom. The van der Waals surface area contributed by atoms with Crippen molar-refractivity contribution in [3.63, 3.8) is 0 Å². The van der Waals surface area contributed by atoms with Gasteiger partial charge in [0.05, 0.1) is 45.2 Å². The topological polar surface area (TPSA) is 49.0 Å². The number of rotatable bonds is 16. The monoisotopic (exact) mass is 593 g/mol. The first-order valence-electron chi connectivity index (χ1n) is 16.2. The molecule has 0 spiro atoms. The van der Waals surface area contributed by atoms with Crippen molar-refractivity contribution in [1.82, 2.24) is 5.32 Å². The molecule has 4 aromatic carbocycles. The average Bonchev–Trinajstić information content (AvgIpc) is 3.09. The van der Waals surface area contributed by atoms with Gasteiger partial charge in [0, 0.05) is 25.4 Å². The summed E-state index contributed by atoms with van der Waals surface area (Å²) < 4.78 is 25.0. The summed E-state index contributed by atoms with van der Waals surface area (Å²) in [6.07, 6.45) is 2.88. The quantitative estimate of drug-likeness (QED) is 0.135. The fraction of sp³-hybridized carbons (Fsp3) is 0.385. The standard InChI is InChI=1S/C39H47NO4/c1-3-30-11-15-33(16-12-30)28-43-37-25-40-26-38(44-29-34-17-13-31(4-2)14-18-34)39(37)35-19-21-36(22-20-35)42-24-8-23-41-27-32-9-6-5-7-10-32/h5-7,9-22,37-40H,3-4,8,23-29H2,1-2H3/t37-,38+,39-. The van der Waals surface area contributed by atoms with Crippen molar-refractivity contribution in [2.75, 3.05) is 26.3 Å². The zero-order valence-corrected chi connectivity index (χ0v) is 26.3. The van der Waals surface area contributed by atoms with Crippen LogP contribution in [0.3, 0.4) is 0 Å². The molecule has 1 heterocycles. The lowest BCUT2D eigenvalue weighted by molar-refractivity contribution is -0.0650. The van der Waals surface area contributed by atoms with E-state index in [-0.39, 0.29) is 18.1 Å². The Labute approximate surface area is 263 Å². The highest BCUT2D eigenvalue weighted by molar-refractivity contribution is 5.32. The third-order valence-corrected chi connectivity index (χ3v) is 8.36. The van der Waals surface area contributed by atoms with Crippen LogP contribution in [0.1, 0.15) is 59.6 Å². The minimum absolute atomic E-state index is 0.0180. The summed E-state index contributed by atoms with van der Waals surface area (Å²) in [5, 5.41) is 3.57. The van der Waals surface area contributed by atoms with Gasteiger partial charge in [0.1, 0.15) is 5.75 Å². The molecule has 1 N–H and O–H groups in total. The van der Waals surface area contributed by atoms with Gasteiger partial charge in [-0.05, 0) is 58.4 Å². The van der Waals surface area contributed by atoms with Gasteiger partial charge in [0.25, 0.3) is 0 Å². The van der Waals surface area contributed by atoms with Crippen LogP contribution in [0.2, 0.25) is 0 Å². The van der Waals surface area contributed by atoms with Gasteiger partial charge in [-0.3, -0.25) is 0 Å². The second kappa shape index (κ2) is 17.1. The predicted molar refractivity (Wildman–Crippen MR) is 177 cm³/mol. The van der Waals surface area contributed by atoms with E-state index in [1.165, 1.54) is 33.4 Å². The number of piperidine rings is 1. The lowest BCUT2D eigenvalue weighted by Crippen LogP contribution is -2.50. The second-order valence-electron chi connectivity index (χ2n) is 11.5. The molecule has 44 heavy (non-hydrogen) atoms. The van der Waals surface area contributed by atoms with E-state index in [0.717, 1.165) is 38.1 Å². The summed E-state index contributed by atoms with van der Waals surface area (Å²) in [7, 11) is 0. The van der Waals surface area contributed by atoms with Gasteiger partial charge in [0.2, 0.25) is 0 Å². The van der Waals surface area contributed by atoms with Crippen molar-refractivity contribution in [1.29, 1.82) is 0 Å². The van der Waals surface area contributed by atoms with Gasteiger partial charge in [-0.25, -0.2) is 0 Å². The zero-order chi connectivity index (χ0) is 30.4. The van der Waals surface area contributed by atoms with E-state index in [1.807, 2.05) is 18.2 Å². The first-order valence-corrected chi connectivity index (χ1v) is 16.2. The van der Waals surface area contributed by atoms with E-state index >= 15 is 0 Å². The number of ether oxygens (including phenoxy) is 4. The first kappa shape index (κ1) is 31.9. The van der Waals surface area contributed by atoms with Gasteiger partial charge in [-0.2, -0.15) is 0 Å². The molecule has 5 rings (SSSR count). The molecule has 3 atom stereocenters. The van der Waals surface area contributed by atoms with Crippen molar-refractivity contribution < 1.29 is 18.9 Å². The molecule has 1 saturated heterocycles. The molecule has 0 unspecified atom stereocenters. The van der Waals surface area contributed by atoms with Crippen molar-refractivity contribution >= 4 is 0 Å². The summed E-state index contributed by atoms with van der Waals surface area (Å²) in [4.78, 5) is 0. The lowest BCUT2D eigenvalue weighted by Gasteiger charge is -2.39. The fourth-order valence-electron chi connectivity index (χ4n) is 5.67. The molecule has 5 heteroatoms. The Kier molecular flexibility index (Phi) is 12.4. The number of aryl methyl sites for hydroxylation is 2. The van der Waals surface area contributed by atoms with E-state index < -0.39 is 0 Å². The maximum atomic E-state index is 6.60. The summed E-state index contributed by atoms with van der Waals surface area (Å²) in [5.74, 6) is 0.967. The molecule has 0 aliphatic carbocycles. The van der Waals surface area contributed by atoms with E-state index in [1.54, 1.807) is 0 Å². The number of hydrogen-bond acceptors (Lipinski definition) is 5. The van der Waals surface area contributed by atoms with Gasteiger partial charge < -0.3 is 24.3 Å². The highest BCUT2D eigenvalue weighted by atomic mass is 16.5. The molecule has 0 saturated carbocycles. The maximum Gasteiger partial charge on any atom is 0.119 e. The van der Waals surface area contributed by atoms with Gasteiger partial charge in [0.15, 0.2) is 0 Å². The van der Waals surface area contributed by atoms with Crippen LogP contribution in [-0.4, -0.2) is 38.5 Å². The van der Waals surface area contributed by atoms with Crippen LogP contribution in [0.5, 0.6) is 5.75 Å². The third-order valence-electron chi connectivity index (χ3n) is 8.36. The van der Waals surface area contributed by atoms with Crippen molar-refractivity contribution in [3.8, 4) is 5.75 Å². The highest BCUT2D eigenvalue weighted by Crippen LogP contribution is 2.32. The Hall–Kier alpha value is -3.48. The number of nitrogens with one attached hydrogen (secondary N) is 1. The van der Waals surface area contributed by atoms with Crippen LogP contribution < -0.4 is 10.1 Å². The molecule has 0 radical (unpaired) electrons. The molecule has 4 aromatic rings. The van der Waals surface area contributed by atoms with Crippen LogP contribution in [-0.2, 0) is 46.9 Å². The van der Waals surface area contributed by atoms with E-state index in [9.17, 15) is 0 Å². The van der Waals surface area contributed by atoms with Crippen molar-refractivity contribution in [3.05, 3.63) is 137 Å². The molecule has 5 nitrogen and oxygen atoms in total. The molecular formula is C39H47NO4. The van der Waals surface area contributed by atoms with E-state index in [0.29, 0.717) is 33.0 Å². The minimum Gasteiger partial charge on any atom is -0.494 e. The van der Waals surface area contributed by atoms with Crippen LogP contribution >= 0.6 is 0 Å². The Balaban J connectivity index is 1.20. The van der Waals surface area contributed by atoms with Gasteiger partial charge >= 0.3 is 0 Å². The summed E-state index contributed by atoms with van der Waals surface area (Å²) >= 11 is 0. The third kappa shape index (κ3) is 9.51. The molecule has 0 bridgehead atoms. The molecule has 0 amide bonds. The second-order valence-corrected chi connectivity index (χ2v) is 11.5. The normalized spacial score (nSPS) is 18.3. The SMILES string of the molecule is CCc1ccc(CO[C@H]2CNC[C@@H](OCc3ccc(CC)cc3)[C@H]2c2ccc(OCCCOCc3ccccc3)cc2)cc1. The Morgan fingerprint density at radius 1 is 0.568 bits per heavy atom. The average molecular weight is 594 g/mol. The zero-order valence-electron chi connectivity index (χ0n) is 26.3. The summed E-state index contributed by atoms with van der Waals surface area (Å²) in [5.41, 5.74) is 7.47. The summed E-state index contributed by atoms with van der Waals surface area (Å²) in [6.45, 7) is 8.99. The Morgan fingerprint density at radius 3 is 1.64 bits per heavy atom. The van der Waals surface area contributed by atoms with Crippen LogP contribution in [0, 0.1) is 0 Å². The lowest BCUT2D eigenvalue weighted by atomic mass is 9.85. The van der Waals surface area contributed by atoms with Crippen LogP contribution in [0.15, 0.2) is 103 Å². The van der Waals surface area contributed by atoms with Crippen molar-refractivity contribution in [2.45, 2.75) is 71.1 Å². The maximum absolute atomic E-state index is 6.60. The minimum atomic E-state index is -0.0180. The van der Waals surface area contributed by atoms with Gasteiger partial charge in [-0.1, -0.05) is 105 Å². The van der Waals surface area contributed by atoms with Gasteiger partial charge in [-0.15, -0.1) is 0 Å². The predicted octanol–water partition coefficient (Wildman–Crippen LogP) is 7.65. The summed E-state index contributed by atoms with van der Waals surface area (Å²) in [6, 6.07) is 36.2. The first-order chi connectivity index (χ1) is 21.7. The highest BCUT2D eigenvalue weighted by Gasteiger charge is 2.36. The van der Waals surface area contributed by atoms with E-state index in [4.69, 9.17) is 18.9 Å². The molecule has 1 aliphatic rings. The smallest absolute Gasteiger partial charge is 0.119 e.